The molecule has 0 spiro atoms. The normalized spacial score (nSPS) is 19.5. The van der Waals surface area contributed by atoms with E-state index in [4.69, 9.17) is 0 Å². The number of hydrogen-bond acceptors (Lipinski definition) is 5. The highest BCUT2D eigenvalue weighted by molar-refractivity contribution is 5.78. The van der Waals surface area contributed by atoms with Crippen molar-refractivity contribution in [2.45, 2.75) is 73.4 Å². The van der Waals surface area contributed by atoms with E-state index in [1.165, 1.54) is 0 Å². The molecular weight excluding hydrogens is 685 g/mol. The van der Waals surface area contributed by atoms with E-state index in [1.54, 1.807) is 4.74 Å². The summed E-state index contributed by atoms with van der Waals surface area (Å²) in [4.78, 5) is 11.0. The third-order valence-electron chi connectivity index (χ3n) is 3.93. The van der Waals surface area contributed by atoms with Gasteiger partial charge in [-0.05, 0) is 6.92 Å². The molecular formula is C14H5F23O5. The topological polar surface area (TPSA) is 54.0 Å². The van der Waals surface area contributed by atoms with Crippen LogP contribution in [0.1, 0.15) is 6.92 Å². The number of hydrogen-bond donors (Lipinski definition) is 0. The van der Waals surface area contributed by atoms with Crippen LogP contribution < -0.4 is 0 Å². The number of rotatable bonds is 10. The van der Waals surface area contributed by atoms with Gasteiger partial charge in [0.25, 0.3) is 0 Å². The molecule has 3 atom stereocenters. The summed E-state index contributed by atoms with van der Waals surface area (Å²) in [5.74, 6) is -36.8. The van der Waals surface area contributed by atoms with Crippen LogP contribution in [0.4, 0.5) is 101 Å². The lowest BCUT2D eigenvalue weighted by atomic mass is 10.2. The smallest absolute Gasteiger partial charge is 0.460 e. The molecule has 0 amide bonds. The molecule has 0 aromatic heterocycles. The summed E-state index contributed by atoms with van der Waals surface area (Å²) in [5, 5.41) is 0. The van der Waals surface area contributed by atoms with Gasteiger partial charge in [0.2, 0.25) is 0 Å². The molecule has 0 rings (SSSR count). The van der Waals surface area contributed by atoms with Gasteiger partial charge in [-0.3, -0.25) is 14.2 Å². The molecule has 0 saturated carbocycles. The predicted octanol–water partition coefficient (Wildman–Crippen LogP) is 7.26. The Morgan fingerprint density at radius 2 is 0.714 bits per heavy atom. The lowest BCUT2D eigenvalue weighted by molar-refractivity contribution is -0.579. The van der Waals surface area contributed by atoms with Crippen molar-refractivity contribution in [3.63, 3.8) is 0 Å². The number of halogens is 23. The molecule has 0 aliphatic rings. The van der Waals surface area contributed by atoms with Crippen LogP contribution in [0.5, 0.6) is 0 Å². The minimum absolute atomic E-state index is 0.413. The van der Waals surface area contributed by atoms with E-state index in [2.05, 4.69) is 4.74 Å². The van der Waals surface area contributed by atoms with Crippen LogP contribution in [0.15, 0.2) is 0 Å². The molecule has 5 nitrogen and oxygen atoms in total. The maximum atomic E-state index is 14.2. The Labute approximate surface area is 212 Å². The van der Waals surface area contributed by atoms with Crippen molar-refractivity contribution in [2.24, 2.45) is 0 Å². The molecule has 0 heterocycles. The molecule has 252 valence electrons. The first-order valence-electron chi connectivity index (χ1n) is 8.98. The van der Waals surface area contributed by atoms with Gasteiger partial charge in [-0.2, -0.15) is 101 Å². The zero-order valence-electron chi connectivity index (χ0n) is 18.4. The van der Waals surface area contributed by atoms with Crippen molar-refractivity contribution in [3.05, 3.63) is 0 Å². The molecule has 0 aliphatic carbocycles. The van der Waals surface area contributed by atoms with Gasteiger partial charge < -0.3 is 4.74 Å². The predicted molar refractivity (Wildman–Crippen MR) is 75.4 cm³/mol. The zero-order chi connectivity index (χ0) is 34.6. The van der Waals surface area contributed by atoms with E-state index in [0.717, 1.165) is 9.47 Å². The highest BCUT2D eigenvalue weighted by Gasteiger charge is 2.89. The lowest BCUT2D eigenvalue weighted by Gasteiger charge is -2.43. The second kappa shape index (κ2) is 10.7. The Balaban J connectivity index is 7.42. The SMILES string of the molecule is CCOC(=O)[C@@](F)(OC(F)(F)[C@@](F)(OC(F)(F)[C@@](F)(OC(F)(C(F)(F)F)C(F)(F)F)C(F)(F)F)C(F)(F)F)C(F)(F)F. The van der Waals surface area contributed by atoms with Gasteiger partial charge >= 0.3 is 72.5 Å². The summed E-state index contributed by atoms with van der Waals surface area (Å²) in [6.45, 7) is -1.11. The number of alkyl halides is 23. The van der Waals surface area contributed by atoms with E-state index in [9.17, 15) is 106 Å². The molecule has 0 N–H and O–H groups in total. The second-order valence-corrected chi connectivity index (χ2v) is 6.93. The van der Waals surface area contributed by atoms with Crippen molar-refractivity contribution in [1.82, 2.24) is 0 Å². The molecule has 42 heavy (non-hydrogen) atoms. The van der Waals surface area contributed by atoms with E-state index < -0.39 is 79.1 Å². The first kappa shape index (κ1) is 39.7. The van der Waals surface area contributed by atoms with Gasteiger partial charge in [0.15, 0.2) is 0 Å². The second-order valence-electron chi connectivity index (χ2n) is 6.93. The number of esters is 1. The lowest BCUT2D eigenvalue weighted by Crippen LogP contribution is -2.71. The average molecular weight is 690 g/mol. The van der Waals surface area contributed by atoms with Gasteiger partial charge in [0.05, 0.1) is 6.61 Å². The Kier molecular flexibility index (Phi) is 10.1. The number of carbonyl (C=O) groups is 1. The summed E-state index contributed by atoms with van der Waals surface area (Å²) in [6, 6.07) is 0. The highest BCUT2D eigenvalue weighted by Crippen LogP contribution is 2.59. The standard InChI is InChI=1S/C14H5F23O5/c1-2-39-3(38)4(15,8(19,20)21)40-13(34,35)7(18,12(31,32)33)42-14(36,37)6(17,11(28,29)30)41-5(16,9(22,23)24)10(25,26)27/h2H2,1H3/t4-,6+,7+/m1/s1. The minimum Gasteiger partial charge on any atom is -0.462 e. The van der Waals surface area contributed by atoms with Crippen LogP contribution in [0.25, 0.3) is 0 Å². The maximum Gasteiger partial charge on any atom is 0.460 e. The number of ether oxygens (including phenoxy) is 4. The van der Waals surface area contributed by atoms with E-state index in [-0.39, 0.29) is 0 Å². The molecule has 0 aromatic carbocycles. The van der Waals surface area contributed by atoms with E-state index in [1.807, 2.05) is 0 Å². The van der Waals surface area contributed by atoms with Crippen molar-refractivity contribution in [3.8, 4) is 0 Å². The van der Waals surface area contributed by atoms with Crippen molar-refractivity contribution < 1.29 is 125 Å². The highest BCUT2D eigenvalue weighted by atomic mass is 19.4. The van der Waals surface area contributed by atoms with Crippen LogP contribution in [0, 0.1) is 0 Å². The first-order chi connectivity index (χ1) is 17.9. The van der Waals surface area contributed by atoms with Crippen LogP contribution in [-0.2, 0) is 23.7 Å². The van der Waals surface area contributed by atoms with Crippen LogP contribution >= 0.6 is 0 Å². The minimum atomic E-state index is -8.81. The molecule has 0 saturated heterocycles. The van der Waals surface area contributed by atoms with E-state index in [0.29, 0.717) is 6.92 Å². The Morgan fingerprint density at radius 1 is 0.429 bits per heavy atom. The average Bonchev–Trinajstić information content (AvgIpc) is 2.68. The quantitative estimate of drug-likeness (QED) is 0.179. The summed E-state index contributed by atoms with van der Waals surface area (Å²) in [6.07, 6.45) is -57.8. The largest absolute Gasteiger partial charge is 0.462 e. The molecule has 0 bridgehead atoms. The van der Waals surface area contributed by atoms with Crippen molar-refractivity contribution in [1.29, 1.82) is 0 Å². The van der Waals surface area contributed by atoms with Gasteiger partial charge in [-0.1, -0.05) is 0 Å². The zero-order valence-corrected chi connectivity index (χ0v) is 18.4. The molecule has 0 unspecified atom stereocenters. The van der Waals surface area contributed by atoms with Crippen LogP contribution in [0.2, 0.25) is 0 Å². The fourth-order valence-corrected chi connectivity index (χ4v) is 1.96. The number of carbonyl (C=O) groups excluding carboxylic acids is 1. The molecule has 0 fully saturated rings. The third kappa shape index (κ3) is 6.62. The van der Waals surface area contributed by atoms with Crippen LogP contribution in [-0.4, -0.2) is 79.1 Å². The molecule has 28 heteroatoms. The summed E-state index contributed by atoms with van der Waals surface area (Å²) in [7, 11) is 0. The van der Waals surface area contributed by atoms with Gasteiger partial charge in [-0.15, -0.1) is 0 Å². The van der Waals surface area contributed by atoms with Gasteiger partial charge in [-0.25, -0.2) is 4.79 Å². The van der Waals surface area contributed by atoms with Crippen molar-refractivity contribution >= 4 is 5.97 Å². The summed E-state index contributed by atoms with van der Waals surface area (Å²) in [5.41, 5.74) is 0. The fourth-order valence-electron chi connectivity index (χ4n) is 1.96. The molecule has 0 aliphatic heterocycles. The molecule has 0 radical (unpaired) electrons. The summed E-state index contributed by atoms with van der Waals surface area (Å²) >= 11 is 0. The summed E-state index contributed by atoms with van der Waals surface area (Å²) < 4.78 is 309. The fraction of sp³-hybridized carbons (Fsp3) is 0.929. The molecule has 0 aromatic rings. The maximum absolute atomic E-state index is 14.2. The Hall–Kier alpha value is -2.26. The Morgan fingerprint density at radius 3 is 0.976 bits per heavy atom. The van der Waals surface area contributed by atoms with E-state index >= 15 is 0 Å². The monoisotopic (exact) mass is 690 g/mol. The third-order valence-corrected chi connectivity index (χ3v) is 3.93. The van der Waals surface area contributed by atoms with Gasteiger partial charge in [0, 0.05) is 0 Å². The van der Waals surface area contributed by atoms with Crippen molar-refractivity contribution in [2.75, 3.05) is 6.61 Å². The van der Waals surface area contributed by atoms with Crippen LogP contribution in [0.3, 0.4) is 0 Å². The Bertz CT molecular complexity index is 947. The van der Waals surface area contributed by atoms with Gasteiger partial charge in [0.1, 0.15) is 0 Å². The first-order valence-corrected chi connectivity index (χ1v) is 8.98.